The van der Waals surface area contributed by atoms with Crippen LogP contribution < -0.4 is 16.3 Å². The quantitative estimate of drug-likeness (QED) is 0.667. The van der Waals surface area contributed by atoms with Gasteiger partial charge in [-0.2, -0.15) is 0 Å². The van der Waals surface area contributed by atoms with Gasteiger partial charge in [-0.1, -0.05) is 109 Å². The van der Waals surface area contributed by atoms with Crippen LogP contribution in [0, 0.1) is 0 Å². The molecule has 0 aromatic heterocycles. The molecule has 128 valence electrons. The van der Waals surface area contributed by atoms with Crippen LogP contribution in [0.2, 0.25) is 0 Å². The lowest BCUT2D eigenvalue weighted by Gasteiger charge is -2.41. The third kappa shape index (κ3) is 3.17. The molecule has 3 aromatic rings. The van der Waals surface area contributed by atoms with Crippen molar-refractivity contribution in [3.63, 3.8) is 0 Å². The fourth-order valence-corrected chi connectivity index (χ4v) is 6.50. The largest absolute Gasteiger partial charge is 0.317 e. The SMILES string of the molecule is NC1(P(c2ccccc2)c2ccccc2)CC=CC=C1c1ccccc1. The average Bonchev–Trinajstić information content (AvgIpc) is 2.71. The molecule has 0 amide bonds. The zero-order valence-electron chi connectivity index (χ0n) is 14.6. The molecule has 4 rings (SSSR count). The van der Waals surface area contributed by atoms with Crippen molar-refractivity contribution >= 4 is 24.1 Å². The number of nitrogens with two attached hydrogens (primary N) is 1. The van der Waals surface area contributed by atoms with E-state index in [0.717, 1.165) is 6.42 Å². The van der Waals surface area contributed by atoms with E-state index in [9.17, 15) is 0 Å². The fourth-order valence-electron chi connectivity index (χ4n) is 3.61. The van der Waals surface area contributed by atoms with Crippen molar-refractivity contribution in [2.75, 3.05) is 0 Å². The van der Waals surface area contributed by atoms with Gasteiger partial charge < -0.3 is 5.73 Å². The Hall–Kier alpha value is -2.47. The van der Waals surface area contributed by atoms with Crippen molar-refractivity contribution in [3.05, 3.63) is 115 Å². The van der Waals surface area contributed by atoms with E-state index in [4.69, 9.17) is 5.73 Å². The van der Waals surface area contributed by atoms with E-state index < -0.39 is 13.2 Å². The molecule has 0 saturated heterocycles. The zero-order chi connectivity index (χ0) is 17.8. The maximum absolute atomic E-state index is 7.25. The Morgan fingerprint density at radius 2 is 1.19 bits per heavy atom. The Bertz CT molecular complexity index is 877. The molecule has 3 aromatic carbocycles. The highest BCUT2D eigenvalue weighted by molar-refractivity contribution is 7.74. The number of hydrogen-bond donors (Lipinski definition) is 1. The van der Waals surface area contributed by atoms with Gasteiger partial charge in [0.05, 0.1) is 5.28 Å². The molecular weight excluding hydrogens is 333 g/mol. The first kappa shape index (κ1) is 17.0. The molecule has 0 radical (unpaired) electrons. The second-order valence-corrected chi connectivity index (χ2v) is 9.01. The van der Waals surface area contributed by atoms with Gasteiger partial charge in [0.15, 0.2) is 0 Å². The van der Waals surface area contributed by atoms with Gasteiger partial charge in [0, 0.05) is 0 Å². The Balaban J connectivity index is 1.89. The van der Waals surface area contributed by atoms with E-state index in [1.807, 2.05) is 0 Å². The van der Waals surface area contributed by atoms with E-state index >= 15 is 0 Å². The van der Waals surface area contributed by atoms with Gasteiger partial charge in [0.25, 0.3) is 0 Å². The van der Waals surface area contributed by atoms with E-state index in [1.54, 1.807) is 0 Å². The topological polar surface area (TPSA) is 26.0 Å². The summed E-state index contributed by atoms with van der Waals surface area (Å²) >= 11 is 0. The predicted molar refractivity (Wildman–Crippen MR) is 114 cm³/mol. The second kappa shape index (κ2) is 7.41. The number of benzene rings is 3. The van der Waals surface area contributed by atoms with Crippen LogP contribution in [0.15, 0.2) is 109 Å². The zero-order valence-corrected chi connectivity index (χ0v) is 15.5. The minimum atomic E-state index is -0.756. The van der Waals surface area contributed by atoms with Gasteiger partial charge in [-0.15, -0.1) is 0 Å². The van der Waals surface area contributed by atoms with Crippen molar-refractivity contribution in [2.45, 2.75) is 11.7 Å². The molecule has 0 fully saturated rings. The van der Waals surface area contributed by atoms with Gasteiger partial charge in [-0.05, 0) is 36.1 Å². The van der Waals surface area contributed by atoms with Crippen LogP contribution in [0.25, 0.3) is 5.57 Å². The summed E-state index contributed by atoms with van der Waals surface area (Å²) in [6.45, 7) is 0. The molecule has 2 N–H and O–H groups in total. The van der Waals surface area contributed by atoms with Gasteiger partial charge in [-0.3, -0.25) is 0 Å². The van der Waals surface area contributed by atoms with Crippen molar-refractivity contribution in [1.29, 1.82) is 0 Å². The third-order valence-electron chi connectivity index (χ3n) is 4.81. The molecular formula is C24H22NP. The molecule has 0 bridgehead atoms. The Kier molecular flexibility index (Phi) is 4.84. The Morgan fingerprint density at radius 1 is 0.692 bits per heavy atom. The maximum Gasteiger partial charge on any atom is 0.0733 e. The van der Waals surface area contributed by atoms with Crippen LogP contribution >= 0.6 is 7.92 Å². The first-order valence-electron chi connectivity index (χ1n) is 8.91. The molecule has 1 atom stereocenters. The fraction of sp³-hybridized carbons (Fsp3) is 0.0833. The van der Waals surface area contributed by atoms with Crippen molar-refractivity contribution in [1.82, 2.24) is 0 Å². The van der Waals surface area contributed by atoms with Crippen LogP contribution in [0.5, 0.6) is 0 Å². The number of rotatable bonds is 4. The maximum atomic E-state index is 7.25. The molecule has 1 nitrogen and oxygen atoms in total. The summed E-state index contributed by atoms with van der Waals surface area (Å²) < 4.78 is 0. The van der Waals surface area contributed by atoms with Crippen LogP contribution in [-0.2, 0) is 0 Å². The summed E-state index contributed by atoms with van der Waals surface area (Å²) in [4.78, 5) is 0. The van der Waals surface area contributed by atoms with Crippen molar-refractivity contribution < 1.29 is 0 Å². The minimum absolute atomic E-state index is 0.436. The normalized spacial score (nSPS) is 19.4. The second-order valence-electron chi connectivity index (χ2n) is 6.51. The molecule has 0 saturated carbocycles. The van der Waals surface area contributed by atoms with Gasteiger partial charge in [0.1, 0.15) is 0 Å². The molecule has 0 spiro atoms. The number of hydrogen-bond acceptors (Lipinski definition) is 1. The van der Waals surface area contributed by atoms with E-state index in [2.05, 4.69) is 109 Å². The lowest BCUT2D eigenvalue weighted by molar-refractivity contribution is 0.768. The molecule has 1 aliphatic rings. The molecule has 0 aliphatic heterocycles. The third-order valence-corrected chi connectivity index (χ3v) is 7.66. The number of allylic oxidation sites excluding steroid dienone is 2. The highest BCUT2D eigenvalue weighted by Gasteiger charge is 2.40. The molecule has 26 heavy (non-hydrogen) atoms. The smallest absolute Gasteiger partial charge is 0.0733 e. The average molecular weight is 355 g/mol. The lowest BCUT2D eigenvalue weighted by atomic mass is 9.92. The van der Waals surface area contributed by atoms with Gasteiger partial charge >= 0.3 is 0 Å². The van der Waals surface area contributed by atoms with E-state index in [0.29, 0.717) is 0 Å². The summed E-state index contributed by atoms with van der Waals surface area (Å²) in [5.41, 5.74) is 9.68. The molecule has 1 aliphatic carbocycles. The predicted octanol–water partition coefficient (Wildman–Crippen LogP) is 4.82. The van der Waals surface area contributed by atoms with Crippen LogP contribution in [0.3, 0.4) is 0 Å². The monoisotopic (exact) mass is 355 g/mol. The summed E-state index contributed by atoms with van der Waals surface area (Å²) in [6.07, 6.45) is 7.37. The van der Waals surface area contributed by atoms with Crippen LogP contribution in [-0.4, -0.2) is 5.28 Å². The first-order chi connectivity index (χ1) is 12.8. The first-order valence-corrected chi connectivity index (χ1v) is 10.3. The van der Waals surface area contributed by atoms with Crippen molar-refractivity contribution in [2.24, 2.45) is 5.73 Å². The standard InChI is InChI=1S/C24H22NP/c25-24(19-11-10-18-23(24)20-12-4-1-5-13-20)26(21-14-6-2-7-15-21)22-16-8-3-9-17-22/h1-18H,19,25H2. The van der Waals surface area contributed by atoms with Crippen molar-refractivity contribution in [3.8, 4) is 0 Å². The molecule has 2 heteroatoms. The highest BCUT2D eigenvalue weighted by Crippen LogP contribution is 2.54. The highest BCUT2D eigenvalue weighted by atomic mass is 31.1. The molecule has 1 unspecified atom stereocenters. The lowest BCUT2D eigenvalue weighted by Crippen LogP contribution is -2.45. The minimum Gasteiger partial charge on any atom is -0.317 e. The van der Waals surface area contributed by atoms with Crippen LogP contribution in [0.1, 0.15) is 12.0 Å². The summed E-state index contributed by atoms with van der Waals surface area (Å²) in [6, 6.07) is 32.0. The van der Waals surface area contributed by atoms with Gasteiger partial charge in [-0.25, -0.2) is 0 Å². The van der Waals surface area contributed by atoms with E-state index in [-0.39, 0.29) is 0 Å². The molecule has 0 heterocycles. The summed E-state index contributed by atoms with van der Waals surface area (Å²) in [5.74, 6) is 0. The Morgan fingerprint density at radius 3 is 1.73 bits per heavy atom. The van der Waals surface area contributed by atoms with Gasteiger partial charge in [0.2, 0.25) is 0 Å². The van der Waals surface area contributed by atoms with Crippen LogP contribution in [0.4, 0.5) is 0 Å². The van der Waals surface area contributed by atoms with E-state index in [1.165, 1.54) is 21.7 Å². The Labute approximate surface area is 156 Å². The summed E-state index contributed by atoms with van der Waals surface area (Å²) in [7, 11) is -0.756. The summed E-state index contributed by atoms with van der Waals surface area (Å²) in [5, 5.41) is 2.19.